The fourth-order valence-electron chi connectivity index (χ4n) is 2.72. The summed E-state index contributed by atoms with van der Waals surface area (Å²) in [6, 6.07) is 4.07. The lowest BCUT2D eigenvalue weighted by molar-refractivity contribution is -0.134. The van der Waals surface area contributed by atoms with Crippen LogP contribution in [0.15, 0.2) is 18.2 Å². The van der Waals surface area contributed by atoms with Gasteiger partial charge in [0.25, 0.3) is 0 Å². The van der Waals surface area contributed by atoms with Crippen molar-refractivity contribution in [1.29, 1.82) is 0 Å². The zero-order valence-electron chi connectivity index (χ0n) is 14.5. The number of hydrogen-bond acceptors (Lipinski definition) is 5. The van der Waals surface area contributed by atoms with Crippen LogP contribution in [0.1, 0.15) is 12.0 Å². The second-order valence-electron chi connectivity index (χ2n) is 5.78. The highest BCUT2D eigenvalue weighted by Crippen LogP contribution is 2.20. The van der Waals surface area contributed by atoms with Crippen molar-refractivity contribution in [3.63, 3.8) is 0 Å². The number of piperazine rings is 1. The van der Waals surface area contributed by atoms with E-state index in [0.717, 1.165) is 5.75 Å². The van der Waals surface area contributed by atoms with E-state index in [4.69, 9.17) is 4.74 Å². The first-order chi connectivity index (χ1) is 12.0. The molecule has 2 rings (SSSR count). The van der Waals surface area contributed by atoms with Gasteiger partial charge in [-0.05, 0) is 12.3 Å². The number of nitrogens with one attached hydrogen (secondary N) is 2. The molecule has 138 valence electrons. The fourth-order valence-corrected chi connectivity index (χ4v) is 3.02. The Kier molecular flexibility index (Phi) is 7.52. The topological polar surface area (TPSA) is 70.7 Å². The largest absolute Gasteiger partial charge is 0.497 e. The van der Waals surface area contributed by atoms with Crippen molar-refractivity contribution in [1.82, 2.24) is 15.5 Å². The number of nitrogens with zero attached hydrogens (tertiary/aromatic N) is 1. The third kappa shape index (κ3) is 5.61. The van der Waals surface area contributed by atoms with E-state index in [2.05, 4.69) is 10.6 Å². The Morgan fingerprint density at radius 1 is 1.52 bits per heavy atom. The molecule has 2 N–H and O–H groups in total. The van der Waals surface area contributed by atoms with Crippen LogP contribution in [0.4, 0.5) is 4.39 Å². The SMILES string of the molecule is COc1ccc(CN2CCNC(=O)[C@H]2CC(=O)NCCSC)c(F)c1. The fraction of sp³-hybridized carbons (Fsp3) is 0.529. The van der Waals surface area contributed by atoms with E-state index < -0.39 is 6.04 Å². The minimum absolute atomic E-state index is 0.0674. The molecule has 1 aromatic carbocycles. The van der Waals surface area contributed by atoms with Gasteiger partial charge < -0.3 is 15.4 Å². The average molecular weight is 369 g/mol. The first kappa shape index (κ1) is 19.5. The maximum absolute atomic E-state index is 14.2. The van der Waals surface area contributed by atoms with Crippen molar-refractivity contribution < 1.29 is 18.7 Å². The second kappa shape index (κ2) is 9.62. The lowest BCUT2D eigenvalue weighted by atomic mass is 10.1. The number of thioether (sulfide) groups is 1. The van der Waals surface area contributed by atoms with E-state index in [9.17, 15) is 14.0 Å². The van der Waals surface area contributed by atoms with Crippen molar-refractivity contribution in [2.45, 2.75) is 19.0 Å². The standard InChI is InChI=1S/C17H24FN3O3S/c1-24-13-4-3-12(14(18)9-13)11-21-7-5-20-17(23)15(21)10-16(22)19-6-8-25-2/h3-4,9,15H,5-8,10-11H2,1-2H3,(H,19,22)(H,20,23)/t15-/m1/s1. The van der Waals surface area contributed by atoms with Crippen LogP contribution in [-0.4, -0.2) is 61.5 Å². The number of amides is 2. The van der Waals surface area contributed by atoms with Crippen LogP contribution in [0, 0.1) is 5.82 Å². The van der Waals surface area contributed by atoms with Crippen LogP contribution in [-0.2, 0) is 16.1 Å². The Labute approximate surface area is 151 Å². The molecule has 1 atom stereocenters. The molecule has 1 aromatic rings. The molecule has 2 amide bonds. The summed E-state index contributed by atoms with van der Waals surface area (Å²) in [4.78, 5) is 26.1. The predicted molar refractivity (Wildman–Crippen MR) is 96.2 cm³/mol. The molecular formula is C17H24FN3O3S. The zero-order chi connectivity index (χ0) is 18.2. The van der Waals surface area contributed by atoms with E-state index in [1.165, 1.54) is 13.2 Å². The molecule has 0 aliphatic carbocycles. The highest BCUT2D eigenvalue weighted by Gasteiger charge is 2.31. The number of rotatable bonds is 8. The number of hydrogen-bond donors (Lipinski definition) is 2. The van der Waals surface area contributed by atoms with Gasteiger partial charge >= 0.3 is 0 Å². The Morgan fingerprint density at radius 2 is 2.32 bits per heavy atom. The highest BCUT2D eigenvalue weighted by atomic mass is 32.2. The van der Waals surface area contributed by atoms with E-state index >= 15 is 0 Å². The van der Waals surface area contributed by atoms with Gasteiger partial charge in [-0.3, -0.25) is 14.5 Å². The highest BCUT2D eigenvalue weighted by molar-refractivity contribution is 7.98. The molecule has 25 heavy (non-hydrogen) atoms. The van der Waals surface area contributed by atoms with Crippen LogP contribution < -0.4 is 15.4 Å². The number of carbonyl (C=O) groups excluding carboxylic acids is 2. The van der Waals surface area contributed by atoms with Crippen molar-refractivity contribution in [3.05, 3.63) is 29.6 Å². The Bertz CT molecular complexity index is 615. The van der Waals surface area contributed by atoms with Crippen molar-refractivity contribution in [2.75, 3.05) is 38.8 Å². The van der Waals surface area contributed by atoms with Gasteiger partial charge in [-0.1, -0.05) is 6.07 Å². The monoisotopic (exact) mass is 369 g/mol. The average Bonchev–Trinajstić information content (AvgIpc) is 2.59. The molecule has 1 saturated heterocycles. The number of ether oxygens (including phenoxy) is 1. The van der Waals surface area contributed by atoms with Gasteiger partial charge in [0.1, 0.15) is 11.6 Å². The third-order valence-electron chi connectivity index (χ3n) is 4.08. The number of halogens is 1. The predicted octanol–water partition coefficient (Wildman–Crippen LogP) is 1.00. The smallest absolute Gasteiger partial charge is 0.237 e. The maximum Gasteiger partial charge on any atom is 0.237 e. The molecule has 1 heterocycles. The van der Waals surface area contributed by atoms with Gasteiger partial charge in [0.15, 0.2) is 0 Å². The first-order valence-electron chi connectivity index (χ1n) is 8.15. The molecule has 0 spiro atoms. The molecule has 0 saturated carbocycles. The van der Waals surface area contributed by atoms with Crippen LogP contribution >= 0.6 is 11.8 Å². The van der Waals surface area contributed by atoms with Gasteiger partial charge in [0, 0.05) is 43.6 Å². The van der Waals surface area contributed by atoms with Crippen LogP contribution in [0.25, 0.3) is 0 Å². The summed E-state index contributed by atoms with van der Waals surface area (Å²) >= 11 is 1.64. The Hall–Kier alpha value is -1.80. The quantitative estimate of drug-likeness (QED) is 0.669. The second-order valence-corrected chi connectivity index (χ2v) is 6.77. The number of benzene rings is 1. The summed E-state index contributed by atoms with van der Waals surface area (Å²) < 4.78 is 19.2. The molecular weight excluding hydrogens is 345 g/mol. The van der Waals surface area contributed by atoms with E-state index in [-0.39, 0.29) is 30.6 Å². The summed E-state index contributed by atoms with van der Waals surface area (Å²) in [7, 11) is 1.48. The summed E-state index contributed by atoms with van der Waals surface area (Å²) in [6.07, 6.45) is 2.03. The molecule has 1 aliphatic rings. The van der Waals surface area contributed by atoms with Gasteiger partial charge in [-0.2, -0.15) is 11.8 Å². The summed E-state index contributed by atoms with van der Waals surface area (Å²) in [5, 5.41) is 5.58. The zero-order valence-corrected chi connectivity index (χ0v) is 15.3. The normalized spacial score (nSPS) is 17.9. The third-order valence-corrected chi connectivity index (χ3v) is 4.69. The summed E-state index contributed by atoms with van der Waals surface area (Å²) in [5.41, 5.74) is 0.475. The van der Waals surface area contributed by atoms with Gasteiger partial charge in [-0.25, -0.2) is 4.39 Å². The minimum atomic E-state index is -0.593. The first-order valence-corrected chi connectivity index (χ1v) is 9.54. The molecule has 1 fully saturated rings. The van der Waals surface area contributed by atoms with Crippen molar-refractivity contribution >= 4 is 23.6 Å². The van der Waals surface area contributed by atoms with Crippen LogP contribution in [0.5, 0.6) is 5.75 Å². The Balaban J connectivity index is 2.03. The summed E-state index contributed by atoms with van der Waals surface area (Å²) in [5.74, 6) is 0.524. The Morgan fingerprint density at radius 3 is 3.00 bits per heavy atom. The van der Waals surface area contributed by atoms with Crippen LogP contribution in [0.2, 0.25) is 0 Å². The van der Waals surface area contributed by atoms with E-state index in [1.807, 2.05) is 11.2 Å². The van der Waals surface area contributed by atoms with Gasteiger partial charge in [-0.15, -0.1) is 0 Å². The van der Waals surface area contributed by atoms with E-state index in [0.29, 0.717) is 30.9 Å². The molecule has 0 radical (unpaired) electrons. The van der Waals surface area contributed by atoms with Crippen LogP contribution in [0.3, 0.4) is 0 Å². The molecule has 1 aliphatic heterocycles. The molecule has 8 heteroatoms. The molecule has 0 unspecified atom stereocenters. The number of methoxy groups -OCH3 is 1. The molecule has 6 nitrogen and oxygen atoms in total. The lowest BCUT2D eigenvalue weighted by Crippen LogP contribution is -2.56. The van der Waals surface area contributed by atoms with Crippen molar-refractivity contribution in [2.24, 2.45) is 0 Å². The summed E-state index contributed by atoms with van der Waals surface area (Å²) in [6.45, 7) is 1.90. The lowest BCUT2D eigenvalue weighted by Gasteiger charge is -2.34. The molecule has 0 bridgehead atoms. The molecule has 0 aromatic heterocycles. The van der Waals surface area contributed by atoms with E-state index in [1.54, 1.807) is 23.9 Å². The number of carbonyl (C=O) groups is 2. The maximum atomic E-state index is 14.2. The van der Waals surface area contributed by atoms with Gasteiger partial charge in [0.2, 0.25) is 11.8 Å². The minimum Gasteiger partial charge on any atom is -0.497 e. The van der Waals surface area contributed by atoms with Gasteiger partial charge in [0.05, 0.1) is 19.6 Å². The van der Waals surface area contributed by atoms with Crippen molar-refractivity contribution in [3.8, 4) is 5.75 Å².